The van der Waals surface area contributed by atoms with Crippen LogP contribution in [-0.2, 0) is 13.5 Å². The van der Waals surface area contributed by atoms with E-state index in [0.29, 0.717) is 5.88 Å². The van der Waals surface area contributed by atoms with Crippen LogP contribution in [0.1, 0.15) is 12.6 Å². The summed E-state index contributed by atoms with van der Waals surface area (Å²) in [7, 11) is 3.70. The molecule has 0 saturated carbocycles. The molecule has 2 aromatic rings. The molecule has 0 amide bonds. The van der Waals surface area contributed by atoms with E-state index in [1.165, 1.54) is 11.1 Å². The standard InChI is InChI=1S/C11H14N2O/c1-4-9-5-8-6-11(14-3)12-7-10(8)13(9)2/h5-7H,4H2,1-3H3. The molecule has 2 aromatic heterocycles. The van der Waals surface area contributed by atoms with Crippen LogP contribution in [0.5, 0.6) is 5.88 Å². The van der Waals surface area contributed by atoms with E-state index in [1.807, 2.05) is 12.3 Å². The molecule has 0 unspecified atom stereocenters. The average molecular weight is 190 g/mol. The Hall–Kier alpha value is -1.51. The molecule has 0 atom stereocenters. The Labute approximate surface area is 83.3 Å². The molecule has 74 valence electrons. The van der Waals surface area contributed by atoms with Gasteiger partial charge < -0.3 is 9.30 Å². The molecule has 3 nitrogen and oxygen atoms in total. The van der Waals surface area contributed by atoms with Gasteiger partial charge in [0.15, 0.2) is 0 Å². The molecule has 0 fully saturated rings. The van der Waals surface area contributed by atoms with Crippen LogP contribution in [-0.4, -0.2) is 16.7 Å². The molecule has 0 aromatic carbocycles. The maximum absolute atomic E-state index is 5.08. The third-order valence-corrected chi connectivity index (χ3v) is 2.57. The van der Waals surface area contributed by atoms with E-state index < -0.39 is 0 Å². The maximum Gasteiger partial charge on any atom is 0.213 e. The highest BCUT2D eigenvalue weighted by atomic mass is 16.5. The van der Waals surface area contributed by atoms with E-state index in [4.69, 9.17) is 4.74 Å². The molecule has 0 aliphatic rings. The van der Waals surface area contributed by atoms with Crippen LogP contribution in [0, 0.1) is 0 Å². The molecule has 0 saturated heterocycles. The van der Waals surface area contributed by atoms with Crippen molar-refractivity contribution in [3.63, 3.8) is 0 Å². The number of hydrogen-bond donors (Lipinski definition) is 0. The van der Waals surface area contributed by atoms with Crippen molar-refractivity contribution < 1.29 is 4.74 Å². The number of aryl methyl sites for hydroxylation is 2. The van der Waals surface area contributed by atoms with Crippen LogP contribution in [0.4, 0.5) is 0 Å². The zero-order valence-corrected chi connectivity index (χ0v) is 8.74. The van der Waals surface area contributed by atoms with Gasteiger partial charge in [0.05, 0.1) is 18.8 Å². The van der Waals surface area contributed by atoms with Gasteiger partial charge in [0.2, 0.25) is 5.88 Å². The Morgan fingerprint density at radius 3 is 2.86 bits per heavy atom. The zero-order valence-electron chi connectivity index (χ0n) is 8.74. The van der Waals surface area contributed by atoms with Gasteiger partial charge in [-0.05, 0) is 12.5 Å². The average Bonchev–Trinajstić information content (AvgIpc) is 2.55. The minimum absolute atomic E-state index is 0.672. The summed E-state index contributed by atoms with van der Waals surface area (Å²) in [6, 6.07) is 4.15. The van der Waals surface area contributed by atoms with E-state index in [9.17, 15) is 0 Å². The topological polar surface area (TPSA) is 27.1 Å². The minimum atomic E-state index is 0.672. The van der Waals surface area contributed by atoms with Crippen LogP contribution in [0.2, 0.25) is 0 Å². The minimum Gasteiger partial charge on any atom is -0.481 e. The predicted molar refractivity (Wildman–Crippen MR) is 56.6 cm³/mol. The number of rotatable bonds is 2. The summed E-state index contributed by atoms with van der Waals surface area (Å²) in [6.45, 7) is 2.15. The van der Waals surface area contributed by atoms with E-state index in [0.717, 1.165) is 11.9 Å². The van der Waals surface area contributed by atoms with Gasteiger partial charge in [-0.3, -0.25) is 0 Å². The summed E-state index contributed by atoms with van der Waals surface area (Å²) >= 11 is 0. The SMILES string of the molecule is CCc1cc2cc(OC)ncc2n1C. The van der Waals surface area contributed by atoms with E-state index in [2.05, 4.69) is 29.6 Å². The van der Waals surface area contributed by atoms with Gasteiger partial charge in [-0.2, -0.15) is 0 Å². The quantitative estimate of drug-likeness (QED) is 0.725. The molecule has 2 rings (SSSR count). The van der Waals surface area contributed by atoms with Crippen LogP contribution in [0.25, 0.3) is 10.9 Å². The van der Waals surface area contributed by atoms with Crippen LogP contribution in [0.3, 0.4) is 0 Å². The summed E-state index contributed by atoms with van der Waals surface area (Å²) in [5.41, 5.74) is 2.47. The van der Waals surface area contributed by atoms with Crippen molar-refractivity contribution in [2.24, 2.45) is 7.05 Å². The lowest BCUT2D eigenvalue weighted by Gasteiger charge is -2.01. The van der Waals surface area contributed by atoms with Gasteiger partial charge in [-0.15, -0.1) is 0 Å². The van der Waals surface area contributed by atoms with Gasteiger partial charge in [0.25, 0.3) is 0 Å². The van der Waals surface area contributed by atoms with Crippen LogP contribution < -0.4 is 4.74 Å². The molecule has 0 radical (unpaired) electrons. The second-order valence-electron chi connectivity index (χ2n) is 3.33. The van der Waals surface area contributed by atoms with Crippen molar-refractivity contribution in [2.45, 2.75) is 13.3 Å². The van der Waals surface area contributed by atoms with Crippen molar-refractivity contribution in [3.05, 3.63) is 24.0 Å². The fourth-order valence-corrected chi connectivity index (χ4v) is 1.72. The third kappa shape index (κ3) is 1.25. The Balaban J connectivity index is 2.66. The van der Waals surface area contributed by atoms with E-state index in [1.54, 1.807) is 7.11 Å². The lowest BCUT2D eigenvalue weighted by atomic mass is 10.3. The van der Waals surface area contributed by atoms with E-state index >= 15 is 0 Å². The van der Waals surface area contributed by atoms with Gasteiger partial charge in [-0.1, -0.05) is 6.92 Å². The summed E-state index contributed by atoms with van der Waals surface area (Å²) in [4.78, 5) is 4.19. The fourth-order valence-electron chi connectivity index (χ4n) is 1.72. The second kappa shape index (κ2) is 3.33. The lowest BCUT2D eigenvalue weighted by molar-refractivity contribution is 0.398. The molecule has 0 spiro atoms. The Morgan fingerprint density at radius 2 is 2.21 bits per heavy atom. The molecule has 14 heavy (non-hydrogen) atoms. The normalized spacial score (nSPS) is 10.8. The Kier molecular flexibility index (Phi) is 2.15. The Morgan fingerprint density at radius 1 is 1.43 bits per heavy atom. The predicted octanol–water partition coefficient (Wildman–Crippen LogP) is 2.14. The van der Waals surface area contributed by atoms with Gasteiger partial charge in [0, 0.05) is 24.2 Å². The van der Waals surface area contributed by atoms with Crippen molar-refractivity contribution in [3.8, 4) is 5.88 Å². The number of pyridine rings is 1. The molecular formula is C11H14N2O. The molecular weight excluding hydrogens is 176 g/mol. The second-order valence-corrected chi connectivity index (χ2v) is 3.33. The fraction of sp³-hybridized carbons (Fsp3) is 0.364. The highest BCUT2D eigenvalue weighted by molar-refractivity contribution is 5.81. The molecule has 0 N–H and O–H groups in total. The monoisotopic (exact) mass is 190 g/mol. The first-order valence-corrected chi connectivity index (χ1v) is 4.74. The summed E-state index contributed by atoms with van der Waals surface area (Å²) in [6.07, 6.45) is 2.89. The number of aromatic nitrogens is 2. The molecule has 0 aliphatic carbocycles. The van der Waals surface area contributed by atoms with Crippen molar-refractivity contribution in [2.75, 3.05) is 7.11 Å². The lowest BCUT2D eigenvalue weighted by Crippen LogP contribution is -1.94. The van der Waals surface area contributed by atoms with Crippen LogP contribution >= 0.6 is 0 Å². The molecule has 0 aliphatic heterocycles. The largest absolute Gasteiger partial charge is 0.481 e. The highest BCUT2D eigenvalue weighted by Crippen LogP contribution is 2.21. The third-order valence-electron chi connectivity index (χ3n) is 2.57. The molecule has 2 heterocycles. The van der Waals surface area contributed by atoms with Gasteiger partial charge in [-0.25, -0.2) is 4.98 Å². The van der Waals surface area contributed by atoms with Crippen molar-refractivity contribution >= 4 is 10.9 Å². The van der Waals surface area contributed by atoms with Crippen molar-refractivity contribution in [1.82, 2.24) is 9.55 Å². The first kappa shape index (κ1) is 9.06. The van der Waals surface area contributed by atoms with E-state index in [-0.39, 0.29) is 0 Å². The molecule has 0 bridgehead atoms. The number of methoxy groups -OCH3 is 1. The number of nitrogens with zero attached hydrogens (tertiary/aromatic N) is 2. The smallest absolute Gasteiger partial charge is 0.213 e. The first-order chi connectivity index (χ1) is 6.76. The number of hydrogen-bond acceptors (Lipinski definition) is 2. The highest BCUT2D eigenvalue weighted by Gasteiger charge is 2.05. The molecule has 3 heteroatoms. The summed E-state index contributed by atoms with van der Waals surface area (Å²) in [5.74, 6) is 0.672. The van der Waals surface area contributed by atoms with Crippen molar-refractivity contribution in [1.29, 1.82) is 0 Å². The van der Waals surface area contributed by atoms with Gasteiger partial charge in [0.1, 0.15) is 0 Å². The maximum atomic E-state index is 5.08. The number of ether oxygens (including phenoxy) is 1. The summed E-state index contributed by atoms with van der Waals surface area (Å²) < 4.78 is 7.25. The van der Waals surface area contributed by atoms with Gasteiger partial charge >= 0.3 is 0 Å². The Bertz CT molecular complexity index is 460. The summed E-state index contributed by atoms with van der Waals surface area (Å²) in [5, 5.41) is 1.19. The number of fused-ring (bicyclic) bond motifs is 1. The van der Waals surface area contributed by atoms with Crippen LogP contribution in [0.15, 0.2) is 18.3 Å². The first-order valence-electron chi connectivity index (χ1n) is 4.74. The zero-order chi connectivity index (χ0) is 10.1.